The molecule has 3 rings (SSSR count). The summed E-state index contributed by atoms with van der Waals surface area (Å²) in [4.78, 5) is 0. The zero-order valence-corrected chi connectivity index (χ0v) is 12.8. The molecular formula is C18H17FN2O. The van der Waals surface area contributed by atoms with Gasteiger partial charge in [-0.1, -0.05) is 18.2 Å². The molecule has 0 fully saturated rings. The van der Waals surface area contributed by atoms with E-state index in [4.69, 9.17) is 4.74 Å². The molecule has 0 aliphatic rings. The van der Waals surface area contributed by atoms with Crippen molar-refractivity contribution in [1.82, 2.24) is 9.78 Å². The molecule has 0 saturated carbocycles. The van der Waals surface area contributed by atoms with Crippen LogP contribution in [0.3, 0.4) is 0 Å². The summed E-state index contributed by atoms with van der Waals surface area (Å²) in [5, 5.41) is 4.44. The molecule has 1 heterocycles. The highest BCUT2D eigenvalue weighted by Crippen LogP contribution is 2.28. The van der Waals surface area contributed by atoms with Gasteiger partial charge in [-0.25, -0.2) is 9.07 Å². The topological polar surface area (TPSA) is 27.1 Å². The van der Waals surface area contributed by atoms with E-state index in [0.717, 1.165) is 28.1 Å². The Morgan fingerprint density at radius 3 is 2.36 bits per heavy atom. The molecule has 0 N–H and O–H groups in total. The van der Waals surface area contributed by atoms with E-state index in [0.29, 0.717) is 0 Å². The van der Waals surface area contributed by atoms with Crippen molar-refractivity contribution in [3.05, 3.63) is 65.7 Å². The summed E-state index contributed by atoms with van der Waals surface area (Å²) in [5.74, 6) is -0.115. The maximum absolute atomic E-state index is 13.9. The van der Waals surface area contributed by atoms with E-state index < -0.39 is 0 Å². The van der Waals surface area contributed by atoms with Crippen molar-refractivity contribution in [2.24, 2.45) is 0 Å². The quantitative estimate of drug-likeness (QED) is 0.720. The summed E-state index contributed by atoms with van der Waals surface area (Å²) in [6.07, 6.45) is 1.93. The monoisotopic (exact) mass is 296 g/mol. The maximum Gasteiger partial charge on any atom is 0.165 e. The Balaban J connectivity index is 2.07. The molecule has 3 nitrogen and oxygen atoms in total. The van der Waals surface area contributed by atoms with Crippen LogP contribution in [-0.2, 0) is 0 Å². The van der Waals surface area contributed by atoms with Crippen molar-refractivity contribution < 1.29 is 9.13 Å². The van der Waals surface area contributed by atoms with Crippen molar-refractivity contribution in [2.45, 2.75) is 13.8 Å². The molecule has 1 aromatic heterocycles. The highest BCUT2D eigenvalue weighted by Gasteiger charge is 2.08. The first-order valence-electron chi connectivity index (χ1n) is 7.05. The predicted molar refractivity (Wildman–Crippen MR) is 85.0 cm³/mol. The highest BCUT2D eigenvalue weighted by molar-refractivity contribution is 5.68. The molecule has 3 aromatic rings. The number of aryl methyl sites for hydroxylation is 2. The molecule has 0 saturated heterocycles. The van der Waals surface area contributed by atoms with Gasteiger partial charge in [0.25, 0.3) is 0 Å². The van der Waals surface area contributed by atoms with Gasteiger partial charge in [0.05, 0.1) is 18.5 Å². The third-order valence-corrected chi connectivity index (χ3v) is 3.66. The number of aromatic nitrogens is 2. The molecule has 4 heteroatoms. The second-order valence-electron chi connectivity index (χ2n) is 5.25. The van der Waals surface area contributed by atoms with Crippen LogP contribution < -0.4 is 4.74 Å². The minimum absolute atomic E-state index is 0.249. The van der Waals surface area contributed by atoms with Crippen LogP contribution in [-0.4, -0.2) is 16.9 Å². The summed E-state index contributed by atoms with van der Waals surface area (Å²) in [6, 6.07) is 13.0. The SMILES string of the molecule is COc1ccc(-c2ccc(C)c(-n3ccc(C)n3)c2)cc1F. The van der Waals surface area contributed by atoms with E-state index in [2.05, 4.69) is 5.10 Å². The summed E-state index contributed by atoms with van der Waals surface area (Å²) in [6.45, 7) is 3.99. The van der Waals surface area contributed by atoms with Crippen LogP contribution in [0.25, 0.3) is 16.8 Å². The average molecular weight is 296 g/mol. The normalized spacial score (nSPS) is 10.7. The highest BCUT2D eigenvalue weighted by atomic mass is 19.1. The van der Waals surface area contributed by atoms with E-state index in [9.17, 15) is 4.39 Å². The van der Waals surface area contributed by atoms with Crippen LogP contribution in [0, 0.1) is 19.7 Å². The van der Waals surface area contributed by atoms with Gasteiger partial charge in [0.15, 0.2) is 11.6 Å². The van der Waals surface area contributed by atoms with Gasteiger partial charge in [-0.2, -0.15) is 5.10 Å². The Morgan fingerprint density at radius 2 is 1.73 bits per heavy atom. The molecule has 0 bridgehead atoms. The minimum atomic E-state index is -0.364. The van der Waals surface area contributed by atoms with Gasteiger partial charge in [0, 0.05) is 6.20 Å². The predicted octanol–water partition coefficient (Wildman–Crippen LogP) is 4.30. The fraction of sp³-hybridized carbons (Fsp3) is 0.167. The number of ether oxygens (including phenoxy) is 1. The van der Waals surface area contributed by atoms with Crippen LogP contribution in [0.1, 0.15) is 11.3 Å². The number of hydrogen-bond donors (Lipinski definition) is 0. The number of rotatable bonds is 3. The molecular weight excluding hydrogens is 279 g/mol. The van der Waals surface area contributed by atoms with Gasteiger partial charge in [-0.3, -0.25) is 0 Å². The van der Waals surface area contributed by atoms with E-state index >= 15 is 0 Å². The number of nitrogens with zero attached hydrogens (tertiary/aromatic N) is 2. The lowest BCUT2D eigenvalue weighted by atomic mass is 10.0. The molecule has 112 valence electrons. The molecule has 22 heavy (non-hydrogen) atoms. The molecule has 0 aliphatic heterocycles. The molecule has 0 aliphatic carbocycles. The lowest BCUT2D eigenvalue weighted by Gasteiger charge is -2.10. The molecule has 0 spiro atoms. The van der Waals surface area contributed by atoms with E-state index in [1.807, 2.05) is 55.1 Å². The summed E-state index contributed by atoms with van der Waals surface area (Å²) < 4.78 is 20.7. The van der Waals surface area contributed by atoms with Crippen molar-refractivity contribution >= 4 is 0 Å². The Labute approximate surface area is 129 Å². The number of halogens is 1. The molecule has 0 atom stereocenters. The van der Waals surface area contributed by atoms with Crippen LogP contribution in [0.2, 0.25) is 0 Å². The van der Waals surface area contributed by atoms with Crippen molar-refractivity contribution in [1.29, 1.82) is 0 Å². The van der Waals surface area contributed by atoms with Crippen LogP contribution >= 0.6 is 0 Å². The van der Waals surface area contributed by atoms with Gasteiger partial charge < -0.3 is 4.74 Å². The Bertz CT molecular complexity index is 824. The third-order valence-electron chi connectivity index (χ3n) is 3.66. The van der Waals surface area contributed by atoms with Gasteiger partial charge in [-0.15, -0.1) is 0 Å². The number of hydrogen-bond acceptors (Lipinski definition) is 2. The molecule has 0 amide bonds. The molecule has 0 unspecified atom stereocenters. The van der Waals surface area contributed by atoms with Gasteiger partial charge >= 0.3 is 0 Å². The van der Waals surface area contributed by atoms with Gasteiger partial charge in [0.2, 0.25) is 0 Å². The first kappa shape index (κ1) is 14.3. The smallest absolute Gasteiger partial charge is 0.165 e. The fourth-order valence-corrected chi connectivity index (χ4v) is 2.43. The first-order chi connectivity index (χ1) is 10.6. The lowest BCUT2D eigenvalue weighted by Crippen LogP contribution is -1.98. The maximum atomic E-state index is 13.9. The van der Waals surface area contributed by atoms with Crippen LogP contribution in [0.4, 0.5) is 4.39 Å². The largest absolute Gasteiger partial charge is 0.494 e. The fourth-order valence-electron chi connectivity index (χ4n) is 2.43. The van der Waals surface area contributed by atoms with E-state index in [1.54, 1.807) is 6.07 Å². The van der Waals surface area contributed by atoms with Crippen molar-refractivity contribution in [3.8, 4) is 22.6 Å². The van der Waals surface area contributed by atoms with E-state index in [1.165, 1.54) is 13.2 Å². The second-order valence-corrected chi connectivity index (χ2v) is 5.25. The Hall–Kier alpha value is -2.62. The number of methoxy groups -OCH3 is 1. The average Bonchev–Trinajstić information content (AvgIpc) is 2.94. The van der Waals surface area contributed by atoms with E-state index in [-0.39, 0.29) is 11.6 Å². The summed E-state index contributed by atoms with van der Waals surface area (Å²) in [7, 11) is 1.46. The summed E-state index contributed by atoms with van der Waals surface area (Å²) in [5.41, 5.74) is 4.81. The Morgan fingerprint density at radius 1 is 1.00 bits per heavy atom. The summed E-state index contributed by atoms with van der Waals surface area (Å²) >= 11 is 0. The van der Waals surface area contributed by atoms with Crippen molar-refractivity contribution in [2.75, 3.05) is 7.11 Å². The van der Waals surface area contributed by atoms with Crippen LogP contribution in [0.15, 0.2) is 48.7 Å². The third kappa shape index (κ3) is 2.60. The standard InChI is InChI=1S/C18H17FN2O/c1-12-4-5-15(11-17(12)21-9-8-13(2)20-21)14-6-7-18(22-3)16(19)10-14/h4-11H,1-3H3. The lowest BCUT2D eigenvalue weighted by molar-refractivity contribution is 0.386. The Kier molecular flexibility index (Phi) is 3.67. The van der Waals surface area contributed by atoms with Gasteiger partial charge in [-0.05, 0) is 54.8 Å². The van der Waals surface area contributed by atoms with Crippen LogP contribution in [0.5, 0.6) is 5.75 Å². The van der Waals surface area contributed by atoms with Crippen molar-refractivity contribution in [3.63, 3.8) is 0 Å². The zero-order chi connectivity index (χ0) is 15.7. The number of benzene rings is 2. The minimum Gasteiger partial charge on any atom is -0.494 e. The molecule has 2 aromatic carbocycles. The second kappa shape index (κ2) is 5.64. The first-order valence-corrected chi connectivity index (χ1v) is 7.05. The zero-order valence-electron chi connectivity index (χ0n) is 12.8. The molecule has 0 radical (unpaired) electrons. The van der Waals surface area contributed by atoms with Gasteiger partial charge in [0.1, 0.15) is 0 Å².